The van der Waals surface area contributed by atoms with Crippen LogP contribution in [0.5, 0.6) is 0 Å². The molecule has 0 aliphatic heterocycles. The molecule has 0 saturated heterocycles. The van der Waals surface area contributed by atoms with Crippen LogP contribution in [0.4, 0.5) is 4.39 Å². The number of ketones is 1. The van der Waals surface area contributed by atoms with Crippen LogP contribution >= 0.6 is 15.9 Å². The maximum absolute atomic E-state index is 13.3. The van der Waals surface area contributed by atoms with Gasteiger partial charge < -0.3 is 0 Å². The molecule has 0 saturated carbocycles. The lowest BCUT2D eigenvalue weighted by molar-refractivity contribution is 0.0943. The first-order chi connectivity index (χ1) is 6.09. The number of hydrogen-bond donors (Lipinski definition) is 0. The monoisotopic (exact) mass is 242 g/mol. The summed E-state index contributed by atoms with van der Waals surface area (Å²) in [4.78, 5) is 11.5. The number of hydrogen-bond acceptors (Lipinski definition) is 1. The smallest absolute Gasteiger partial charge is 0.169 e. The van der Waals surface area contributed by atoms with Gasteiger partial charge in [0.2, 0.25) is 0 Å². The van der Waals surface area contributed by atoms with E-state index in [2.05, 4.69) is 15.9 Å². The zero-order valence-electron chi connectivity index (χ0n) is 7.10. The lowest BCUT2D eigenvalue weighted by Gasteiger charge is -1.99. The van der Waals surface area contributed by atoms with Crippen LogP contribution < -0.4 is 0 Å². The summed E-state index contributed by atoms with van der Waals surface area (Å²) in [6.45, 7) is 1.83. The zero-order chi connectivity index (χ0) is 9.59. The molecule has 68 valence electrons. The molecule has 1 aromatic carbocycles. The average molecular weight is 243 g/mol. The van der Waals surface area contributed by atoms with Gasteiger partial charge in [-0.2, -0.15) is 0 Å². The summed E-state index contributed by atoms with van der Waals surface area (Å²) in [7, 11) is 0. The fourth-order valence-electron chi connectivity index (χ4n) is 1.73. The van der Waals surface area contributed by atoms with E-state index in [1.165, 1.54) is 6.07 Å². The topological polar surface area (TPSA) is 17.1 Å². The van der Waals surface area contributed by atoms with Crippen molar-refractivity contribution in [2.75, 3.05) is 0 Å². The fraction of sp³-hybridized carbons (Fsp3) is 0.300. The van der Waals surface area contributed by atoms with Crippen LogP contribution in [0.3, 0.4) is 0 Å². The predicted molar refractivity (Wildman–Crippen MR) is 51.3 cm³/mol. The highest BCUT2D eigenvalue weighted by Crippen LogP contribution is 2.31. The molecule has 0 radical (unpaired) electrons. The number of carbonyl (C=O) groups excluding carboxylic acids is 1. The minimum absolute atomic E-state index is 0.0694. The van der Waals surface area contributed by atoms with Gasteiger partial charge in [-0.1, -0.05) is 22.9 Å². The molecule has 0 N–H and O–H groups in total. The van der Waals surface area contributed by atoms with E-state index in [4.69, 9.17) is 0 Å². The van der Waals surface area contributed by atoms with Crippen LogP contribution in [0, 0.1) is 11.7 Å². The molecule has 3 heteroatoms. The van der Waals surface area contributed by atoms with Gasteiger partial charge in [0.25, 0.3) is 0 Å². The Morgan fingerprint density at radius 2 is 2.23 bits per heavy atom. The SMILES string of the molecule is CC1Cc2cc(Br)cc(F)c2C1=O. The van der Waals surface area contributed by atoms with Crippen LogP contribution in [-0.4, -0.2) is 5.78 Å². The maximum atomic E-state index is 13.3. The van der Waals surface area contributed by atoms with E-state index in [0.717, 1.165) is 5.56 Å². The van der Waals surface area contributed by atoms with Crippen molar-refractivity contribution in [3.8, 4) is 0 Å². The fourth-order valence-corrected chi connectivity index (χ4v) is 2.21. The van der Waals surface area contributed by atoms with Gasteiger partial charge >= 0.3 is 0 Å². The van der Waals surface area contributed by atoms with E-state index in [1.54, 1.807) is 0 Å². The summed E-state index contributed by atoms with van der Waals surface area (Å²) in [6.07, 6.45) is 0.657. The molecule has 0 amide bonds. The van der Waals surface area contributed by atoms with Crippen molar-refractivity contribution < 1.29 is 9.18 Å². The summed E-state index contributed by atoms with van der Waals surface area (Å²) in [5, 5.41) is 0. The lowest BCUT2D eigenvalue weighted by atomic mass is 10.1. The molecular formula is C10H8BrFO. The first kappa shape index (κ1) is 8.88. The summed E-state index contributed by atoms with van der Waals surface area (Å²) >= 11 is 3.20. The molecule has 0 aromatic heterocycles. The number of rotatable bonds is 0. The van der Waals surface area contributed by atoms with Gasteiger partial charge in [0.05, 0.1) is 5.56 Å². The Balaban J connectivity index is 2.64. The molecule has 1 aromatic rings. The van der Waals surface area contributed by atoms with Crippen LogP contribution in [0.2, 0.25) is 0 Å². The largest absolute Gasteiger partial charge is 0.294 e. The Bertz CT molecular complexity index is 387. The van der Waals surface area contributed by atoms with E-state index in [9.17, 15) is 9.18 Å². The normalized spacial score (nSPS) is 20.5. The molecule has 2 rings (SSSR count). The van der Waals surface area contributed by atoms with Crippen molar-refractivity contribution in [2.45, 2.75) is 13.3 Å². The van der Waals surface area contributed by atoms with E-state index in [-0.39, 0.29) is 17.3 Å². The Morgan fingerprint density at radius 1 is 1.54 bits per heavy atom. The van der Waals surface area contributed by atoms with Crippen molar-refractivity contribution >= 4 is 21.7 Å². The number of benzene rings is 1. The molecule has 0 bridgehead atoms. The summed E-state index contributed by atoms with van der Waals surface area (Å²) in [6, 6.07) is 3.16. The van der Waals surface area contributed by atoms with E-state index in [1.807, 2.05) is 13.0 Å². The highest BCUT2D eigenvalue weighted by atomic mass is 79.9. The van der Waals surface area contributed by atoms with E-state index < -0.39 is 5.82 Å². The average Bonchev–Trinajstić information content (AvgIpc) is 2.27. The number of carbonyl (C=O) groups is 1. The number of Topliss-reactive ketones (excluding diaryl/α,β-unsaturated/α-hetero) is 1. The molecule has 1 unspecified atom stereocenters. The van der Waals surface area contributed by atoms with Gasteiger partial charge in [-0.05, 0) is 24.1 Å². The number of halogens is 2. The summed E-state index contributed by atoms with van der Waals surface area (Å²) in [5.41, 5.74) is 1.11. The highest BCUT2D eigenvalue weighted by molar-refractivity contribution is 9.10. The van der Waals surface area contributed by atoms with Crippen molar-refractivity contribution in [3.05, 3.63) is 33.5 Å². The summed E-state index contributed by atoms with van der Waals surface area (Å²) in [5.74, 6) is -0.544. The Labute approximate surface area is 84.1 Å². The third-order valence-electron chi connectivity index (χ3n) is 2.36. The third kappa shape index (κ3) is 1.31. The standard InChI is InChI=1S/C10H8BrFO/c1-5-2-6-3-7(11)4-8(12)9(6)10(5)13/h3-5H,2H2,1H3. The third-order valence-corrected chi connectivity index (χ3v) is 2.81. The van der Waals surface area contributed by atoms with Crippen LogP contribution in [0.25, 0.3) is 0 Å². The molecule has 1 atom stereocenters. The maximum Gasteiger partial charge on any atom is 0.169 e. The Hall–Kier alpha value is -0.700. The predicted octanol–water partition coefficient (Wildman–Crippen LogP) is 2.96. The number of fused-ring (bicyclic) bond motifs is 1. The van der Waals surface area contributed by atoms with Gasteiger partial charge in [-0.25, -0.2) is 4.39 Å². The molecule has 0 spiro atoms. The van der Waals surface area contributed by atoms with E-state index >= 15 is 0 Å². The molecule has 1 aliphatic rings. The van der Waals surface area contributed by atoms with Crippen molar-refractivity contribution in [2.24, 2.45) is 5.92 Å². The van der Waals surface area contributed by atoms with Crippen LogP contribution in [0.15, 0.2) is 16.6 Å². The quantitative estimate of drug-likeness (QED) is 0.684. The van der Waals surface area contributed by atoms with Gasteiger partial charge in [0.15, 0.2) is 5.78 Å². The molecular weight excluding hydrogens is 235 g/mol. The van der Waals surface area contributed by atoms with Crippen molar-refractivity contribution in [1.29, 1.82) is 0 Å². The van der Waals surface area contributed by atoms with Crippen LogP contribution in [-0.2, 0) is 6.42 Å². The molecule has 13 heavy (non-hydrogen) atoms. The minimum atomic E-state index is -0.404. The lowest BCUT2D eigenvalue weighted by Crippen LogP contribution is -2.04. The summed E-state index contributed by atoms with van der Waals surface area (Å²) < 4.78 is 14.0. The Kier molecular flexibility index (Phi) is 1.99. The van der Waals surface area contributed by atoms with E-state index in [0.29, 0.717) is 10.9 Å². The van der Waals surface area contributed by atoms with Gasteiger partial charge in [0.1, 0.15) is 5.82 Å². The second kappa shape index (κ2) is 2.91. The van der Waals surface area contributed by atoms with Gasteiger partial charge in [-0.3, -0.25) is 4.79 Å². The second-order valence-electron chi connectivity index (χ2n) is 3.39. The van der Waals surface area contributed by atoms with Crippen molar-refractivity contribution in [1.82, 2.24) is 0 Å². The zero-order valence-corrected chi connectivity index (χ0v) is 8.69. The highest BCUT2D eigenvalue weighted by Gasteiger charge is 2.30. The van der Waals surface area contributed by atoms with Gasteiger partial charge in [0, 0.05) is 10.4 Å². The van der Waals surface area contributed by atoms with Crippen LogP contribution in [0.1, 0.15) is 22.8 Å². The Morgan fingerprint density at radius 3 is 2.92 bits per heavy atom. The molecule has 1 aliphatic carbocycles. The first-order valence-electron chi connectivity index (χ1n) is 4.11. The van der Waals surface area contributed by atoms with Crippen molar-refractivity contribution in [3.63, 3.8) is 0 Å². The van der Waals surface area contributed by atoms with Gasteiger partial charge in [-0.15, -0.1) is 0 Å². The molecule has 0 fully saturated rings. The first-order valence-corrected chi connectivity index (χ1v) is 4.91. The minimum Gasteiger partial charge on any atom is -0.294 e. The second-order valence-corrected chi connectivity index (χ2v) is 4.31. The molecule has 0 heterocycles. The molecule has 1 nitrogen and oxygen atoms in total.